The average Bonchev–Trinajstić information content (AvgIpc) is 3.22. The van der Waals surface area contributed by atoms with E-state index in [0.717, 1.165) is 22.9 Å². The van der Waals surface area contributed by atoms with Gasteiger partial charge in [-0.3, -0.25) is 4.79 Å². The largest absolute Gasteiger partial charge is 0.496 e. The molecule has 0 bridgehead atoms. The summed E-state index contributed by atoms with van der Waals surface area (Å²) in [6.45, 7) is 1.11. The van der Waals surface area contributed by atoms with Gasteiger partial charge in [-0.25, -0.2) is 8.42 Å². The van der Waals surface area contributed by atoms with Gasteiger partial charge in [-0.05, 0) is 67.5 Å². The summed E-state index contributed by atoms with van der Waals surface area (Å²) in [7, 11) is -1.90. The van der Waals surface area contributed by atoms with Crippen LogP contribution in [0.25, 0.3) is 6.08 Å². The molecule has 1 aliphatic rings. The zero-order valence-corrected chi connectivity index (χ0v) is 17.3. The van der Waals surface area contributed by atoms with Gasteiger partial charge in [0.25, 0.3) is 0 Å². The maximum atomic E-state index is 12.5. The molecule has 0 radical (unpaired) electrons. The highest BCUT2D eigenvalue weighted by Gasteiger charge is 2.27. The Balaban J connectivity index is 1.77. The highest BCUT2D eigenvalue weighted by Crippen LogP contribution is 2.25. The zero-order valence-electron chi connectivity index (χ0n) is 14.9. The molecule has 27 heavy (non-hydrogen) atoms. The second kappa shape index (κ2) is 8.37. The lowest BCUT2D eigenvalue weighted by molar-refractivity contribution is 0.104. The van der Waals surface area contributed by atoms with Gasteiger partial charge in [0, 0.05) is 28.7 Å². The van der Waals surface area contributed by atoms with Crippen molar-refractivity contribution in [3.8, 4) is 5.75 Å². The molecule has 1 heterocycles. The van der Waals surface area contributed by atoms with E-state index in [1.807, 2.05) is 18.2 Å². The molecule has 7 heteroatoms. The minimum atomic E-state index is -3.47. The van der Waals surface area contributed by atoms with Gasteiger partial charge in [-0.2, -0.15) is 4.31 Å². The Kier molecular flexibility index (Phi) is 6.14. The lowest BCUT2D eigenvalue weighted by Gasteiger charge is -2.15. The van der Waals surface area contributed by atoms with Crippen LogP contribution in [-0.4, -0.2) is 38.7 Å². The summed E-state index contributed by atoms with van der Waals surface area (Å²) in [6, 6.07) is 11.6. The van der Waals surface area contributed by atoms with E-state index >= 15 is 0 Å². The van der Waals surface area contributed by atoms with Gasteiger partial charge < -0.3 is 4.74 Å². The SMILES string of the molecule is COc1ccc(Br)cc1/C=C/C(=O)c1ccc(S(=O)(=O)N2CCCC2)cc1. The predicted octanol–water partition coefficient (Wildman–Crippen LogP) is 4.14. The second-order valence-electron chi connectivity index (χ2n) is 6.22. The number of hydrogen-bond donors (Lipinski definition) is 0. The highest BCUT2D eigenvalue weighted by molar-refractivity contribution is 9.10. The first-order valence-electron chi connectivity index (χ1n) is 8.58. The number of halogens is 1. The van der Waals surface area contributed by atoms with Crippen LogP contribution in [-0.2, 0) is 10.0 Å². The first-order valence-corrected chi connectivity index (χ1v) is 10.8. The van der Waals surface area contributed by atoms with Crippen LogP contribution in [0.4, 0.5) is 0 Å². The van der Waals surface area contributed by atoms with Gasteiger partial charge in [-0.15, -0.1) is 0 Å². The van der Waals surface area contributed by atoms with Crippen molar-refractivity contribution >= 4 is 37.8 Å². The third-order valence-corrected chi connectivity index (χ3v) is 6.85. The van der Waals surface area contributed by atoms with Crippen LogP contribution in [0, 0.1) is 0 Å². The summed E-state index contributed by atoms with van der Waals surface area (Å²) in [5.74, 6) is 0.455. The molecule has 142 valence electrons. The molecule has 0 amide bonds. The molecule has 0 aromatic heterocycles. The van der Waals surface area contributed by atoms with Gasteiger partial charge in [0.05, 0.1) is 12.0 Å². The van der Waals surface area contributed by atoms with E-state index in [4.69, 9.17) is 4.74 Å². The maximum Gasteiger partial charge on any atom is 0.243 e. The van der Waals surface area contributed by atoms with Crippen LogP contribution in [0.15, 0.2) is 57.9 Å². The van der Waals surface area contributed by atoms with Crippen molar-refractivity contribution in [1.29, 1.82) is 0 Å². The van der Waals surface area contributed by atoms with Crippen LogP contribution in [0.5, 0.6) is 5.75 Å². The first-order chi connectivity index (χ1) is 12.9. The smallest absolute Gasteiger partial charge is 0.243 e. The summed E-state index contributed by atoms with van der Waals surface area (Å²) in [5.41, 5.74) is 1.20. The van der Waals surface area contributed by atoms with E-state index in [1.54, 1.807) is 25.3 Å². The van der Waals surface area contributed by atoms with Crippen LogP contribution in [0.3, 0.4) is 0 Å². The number of hydrogen-bond acceptors (Lipinski definition) is 4. The van der Waals surface area contributed by atoms with Crippen molar-refractivity contribution in [2.45, 2.75) is 17.7 Å². The lowest BCUT2D eigenvalue weighted by Crippen LogP contribution is -2.27. The number of carbonyl (C=O) groups excluding carboxylic acids is 1. The quantitative estimate of drug-likeness (QED) is 0.490. The van der Waals surface area contributed by atoms with Crippen LogP contribution in [0.2, 0.25) is 0 Å². The summed E-state index contributed by atoms with van der Waals surface area (Å²) >= 11 is 3.40. The van der Waals surface area contributed by atoms with Gasteiger partial charge in [0.15, 0.2) is 5.78 Å². The van der Waals surface area contributed by atoms with E-state index in [9.17, 15) is 13.2 Å². The Bertz CT molecular complexity index is 962. The Morgan fingerprint density at radius 2 is 1.78 bits per heavy atom. The number of methoxy groups -OCH3 is 1. The lowest BCUT2D eigenvalue weighted by atomic mass is 10.1. The van der Waals surface area contributed by atoms with E-state index in [-0.39, 0.29) is 10.7 Å². The standard InChI is InChI=1S/C20H20BrNO4S/c1-26-20-11-7-17(21)14-16(20)6-10-19(23)15-4-8-18(9-5-15)27(24,25)22-12-2-3-13-22/h4-11,14H,2-3,12-13H2,1H3/b10-6+. The molecule has 5 nitrogen and oxygen atoms in total. The summed E-state index contributed by atoms with van der Waals surface area (Å²) < 4.78 is 32.7. The molecule has 0 aliphatic carbocycles. The fourth-order valence-electron chi connectivity index (χ4n) is 2.97. The molecular weight excluding hydrogens is 430 g/mol. The van der Waals surface area contributed by atoms with Crippen molar-refractivity contribution < 1.29 is 17.9 Å². The van der Waals surface area contributed by atoms with Gasteiger partial charge in [0.2, 0.25) is 10.0 Å². The third-order valence-electron chi connectivity index (χ3n) is 4.45. The fourth-order valence-corrected chi connectivity index (χ4v) is 4.86. The molecule has 0 saturated carbocycles. The number of rotatable bonds is 6. The Morgan fingerprint density at radius 3 is 2.41 bits per heavy atom. The van der Waals surface area contributed by atoms with Gasteiger partial charge in [0.1, 0.15) is 5.75 Å². The minimum absolute atomic E-state index is 0.206. The van der Waals surface area contributed by atoms with Crippen molar-refractivity contribution in [2.75, 3.05) is 20.2 Å². The number of ketones is 1. The number of carbonyl (C=O) groups is 1. The number of sulfonamides is 1. The molecule has 0 atom stereocenters. The molecule has 1 fully saturated rings. The first kappa shape index (κ1) is 19.8. The summed E-state index contributed by atoms with van der Waals surface area (Å²) in [4.78, 5) is 12.6. The highest BCUT2D eigenvalue weighted by atomic mass is 79.9. The zero-order chi connectivity index (χ0) is 19.4. The van der Waals surface area contributed by atoms with Crippen molar-refractivity contribution in [3.63, 3.8) is 0 Å². The minimum Gasteiger partial charge on any atom is -0.496 e. The topological polar surface area (TPSA) is 63.7 Å². The molecule has 0 unspecified atom stereocenters. The van der Waals surface area contributed by atoms with Crippen LogP contribution < -0.4 is 4.74 Å². The molecular formula is C20H20BrNO4S. The second-order valence-corrected chi connectivity index (χ2v) is 9.07. The number of benzene rings is 2. The Hall–Kier alpha value is -1.96. The third kappa shape index (κ3) is 4.48. The van der Waals surface area contributed by atoms with Crippen LogP contribution >= 0.6 is 15.9 Å². The monoisotopic (exact) mass is 449 g/mol. The van der Waals surface area contributed by atoms with Gasteiger partial charge in [-0.1, -0.05) is 15.9 Å². The van der Waals surface area contributed by atoms with E-state index in [2.05, 4.69) is 15.9 Å². The normalized spacial score (nSPS) is 15.3. The van der Waals surface area contributed by atoms with E-state index in [0.29, 0.717) is 24.4 Å². The van der Waals surface area contributed by atoms with Crippen molar-refractivity contribution in [3.05, 3.63) is 64.1 Å². The molecule has 3 rings (SSSR count). The molecule has 2 aromatic rings. The fraction of sp³-hybridized carbons (Fsp3) is 0.250. The number of ether oxygens (including phenoxy) is 1. The maximum absolute atomic E-state index is 12.5. The number of allylic oxidation sites excluding steroid dienone is 1. The Morgan fingerprint density at radius 1 is 1.11 bits per heavy atom. The summed E-state index contributed by atoms with van der Waals surface area (Å²) in [6.07, 6.45) is 4.91. The predicted molar refractivity (Wildman–Crippen MR) is 108 cm³/mol. The van der Waals surface area contributed by atoms with Gasteiger partial charge >= 0.3 is 0 Å². The molecule has 1 aliphatic heterocycles. The molecule has 2 aromatic carbocycles. The average molecular weight is 450 g/mol. The molecule has 1 saturated heterocycles. The van der Waals surface area contributed by atoms with Crippen LogP contribution in [0.1, 0.15) is 28.8 Å². The Labute approximate surface area is 167 Å². The van der Waals surface area contributed by atoms with E-state index in [1.165, 1.54) is 22.5 Å². The van der Waals surface area contributed by atoms with Crippen molar-refractivity contribution in [2.24, 2.45) is 0 Å². The number of nitrogens with zero attached hydrogens (tertiary/aromatic N) is 1. The van der Waals surface area contributed by atoms with Crippen molar-refractivity contribution in [1.82, 2.24) is 4.31 Å². The summed E-state index contributed by atoms with van der Waals surface area (Å²) in [5, 5.41) is 0. The van der Waals surface area contributed by atoms with E-state index < -0.39 is 10.0 Å². The molecule has 0 N–H and O–H groups in total. The molecule has 0 spiro atoms.